The summed E-state index contributed by atoms with van der Waals surface area (Å²) >= 11 is 0. The number of carbonyl (C=O) groups excluding carboxylic acids is 1. The lowest BCUT2D eigenvalue weighted by molar-refractivity contribution is 0.0600. The molecule has 1 aliphatic rings. The molecule has 0 bridgehead atoms. The monoisotopic (exact) mass is 233 g/mol. The first-order chi connectivity index (χ1) is 8.11. The zero-order valence-corrected chi connectivity index (χ0v) is 9.88. The number of ether oxygens (including phenoxy) is 1. The van der Waals surface area contributed by atoms with E-state index in [0.29, 0.717) is 17.8 Å². The lowest BCUT2D eigenvalue weighted by Gasteiger charge is -2.18. The molecule has 17 heavy (non-hydrogen) atoms. The third-order valence-electron chi connectivity index (χ3n) is 2.86. The minimum absolute atomic E-state index is 0.154. The average Bonchev–Trinajstić information content (AvgIpc) is 2.68. The third-order valence-corrected chi connectivity index (χ3v) is 2.86. The maximum atomic E-state index is 11.3. The molecule has 1 aromatic rings. The number of nitrogens with two attached hydrogens (primary N) is 1. The van der Waals surface area contributed by atoms with E-state index < -0.39 is 0 Å². The Bertz CT molecular complexity index is 453. The largest absolute Gasteiger partial charge is 0.465 e. The van der Waals surface area contributed by atoms with Gasteiger partial charge in [0.1, 0.15) is 5.84 Å². The molecule has 0 saturated heterocycles. The number of benzene rings is 1. The van der Waals surface area contributed by atoms with Gasteiger partial charge in [-0.3, -0.25) is 5.01 Å². The smallest absolute Gasteiger partial charge is 0.337 e. The van der Waals surface area contributed by atoms with Gasteiger partial charge in [0, 0.05) is 13.5 Å². The Morgan fingerprint density at radius 2 is 2.12 bits per heavy atom. The Morgan fingerprint density at radius 1 is 1.47 bits per heavy atom. The summed E-state index contributed by atoms with van der Waals surface area (Å²) in [6.07, 6.45) is 0.716. The molecule has 0 amide bonds. The van der Waals surface area contributed by atoms with Crippen LogP contribution in [-0.4, -0.2) is 31.0 Å². The molecule has 1 aromatic carbocycles. The van der Waals surface area contributed by atoms with Crippen molar-refractivity contribution in [2.75, 3.05) is 14.2 Å². The Balaban J connectivity index is 2.17. The van der Waals surface area contributed by atoms with Crippen LogP contribution in [0.1, 0.15) is 28.4 Å². The fraction of sp³-hybridized carbons (Fsp3) is 0.333. The number of hydrazone groups is 1. The van der Waals surface area contributed by atoms with E-state index in [1.807, 2.05) is 24.2 Å². The Hall–Kier alpha value is -2.04. The van der Waals surface area contributed by atoms with Gasteiger partial charge in [0.25, 0.3) is 0 Å². The first-order valence-corrected chi connectivity index (χ1v) is 5.36. The highest BCUT2D eigenvalue weighted by atomic mass is 16.5. The van der Waals surface area contributed by atoms with Gasteiger partial charge in [0.2, 0.25) is 0 Å². The molecule has 5 nitrogen and oxygen atoms in total. The molecule has 1 heterocycles. The lowest BCUT2D eigenvalue weighted by atomic mass is 10.0. The minimum atomic E-state index is -0.327. The Morgan fingerprint density at radius 3 is 2.59 bits per heavy atom. The standard InChI is InChI=1S/C12H15N3O2/c1-15-10(7-11(13)14-15)8-3-5-9(6-4-8)12(16)17-2/h3-6,10H,7H2,1-2H3,(H2,13,14). The molecular weight excluding hydrogens is 218 g/mol. The van der Waals surface area contributed by atoms with Crippen molar-refractivity contribution >= 4 is 11.8 Å². The van der Waals surface area contributed by atoms with Gasteiger partial charge in [0.05, 0.1) is 18.7 Å². The maximum absolute atomic E-state index is 11.3. The highest BCUT2D eigenvalue weighted by Gasteiger charge is 2.23. The molecule has 2 rings (SSSR count). The number of hydrogen-bond acceptors (Lipinski definition) is 5. The van der Waals surface area contributed by atoms with Crippen molar-refractivity contribution in [2.24, 2.45) is 10.8 Å². The fourth-order valence-electron chi connectivity index (χ4n) is 1.94. The number of rotatable bonds is 2. The molecule has 0 spiro atoms. The van der Waals surface area contributed by atoms with Crippen LogP contribution in [0.3, 0.4) is 0 Å². The molecule has 0 saturated carbocycles. The van der Waals surface area contributed by atoms with Gasteiger partial charge in [-0.15, -0.1) is 0 Å². The number of amidine groups is 1. The van der Waals surface area contributed by atoms with Crippen molar-refractivity contribution in [3.05, 3.63) is 35.4 Å². The van der Waals surface area contributed by atoms with E-state index >= 15 is 0 Å². The zero-order valence-electron chi connectivity index (χ0n) is 9.88. The summed E-state index contributed by atoms with van der Waals surface area (Å²) in [6.45, 7) is 0. The van der Waals surface area contributed by atoms with Crippen LogP contribution in [0.15, 0.2) is 29.4 Å². The van der Waals surface area contributed by atoms with E-state index in [1.165, 1.54) is 7.11 Å². The van der Waals surface area contributed by atoms with E-state index in [4.69, 9.17) is 5.73 Å². The fourth-order valence-corrected chi connectivity index (χ4v) is 1.94. The van der Waals surface area contributed by atoms with Crippen molar-refractivity contribution in [3.63, 3.8) is 0 Å². The van der Waals surface area contributed by atoms with Crippen molar-refractivity contribution < 1.29 is 9.53 Å². The van der Waals surface area contributed by atoms with Gasteiger partial charge in [-0.05, 0) is 17.7 Å². The lowest BCUT2D eigenvalue weighted by Crippen LogP contribution is -2.14. The van der Waals surface area contributed by atoms with Crippen LogP contribution < -0.4 is 5.73 Å². The van der Waals surface area contributed by atoms with E-state index in [1.54, 1.807) is 12.1 Å². The SMILES string of the molecule is COC(=O)c1ccc(C2CC(N)=NN2C)cc1. The molecule has 2 N–H and O–H groups in total. The van der Waals surface area contributed by atoms with Crippen molar-refractivity contribution in [3.8, 4) is 0 Å². The highest BCUT2D eigenvalue weighted by molar-refractivity contribution is 5.89. The number of hydrogen-bond donors (Lipinski definition) is 1. The summed E-state index contributed by atoms with van der Waals surface area (Å²) < 4.78 is 4.65. The van der Waals surface area contributed by atoms with Gasteiger partial charge in [0.15, 0.2) is 0 Å². The number of methoxy groups -OCH3 is 1. The van der Waals surface area contributed by atoms with Gasteiger partial charge >= 0.3 is 5.97 Å². The van der Waals surface area contributed by atoms with Crippen molar-refractivity contribution in [1.82, 2.24) is 5.01 Å². The summed E-state index contributed by atoms with van der Waals surface area (Å²) in [6, 6.07) is 7.47. The topological polar surface area (TPSA) is 67.9 Å². The van der Waals surface area contributed by atoms with E-state index in [2.05, 4.69) is 9.84 Å². The summed E-state index contributed by atoms with van der Waals surface area (Å²) in [7, 11) is 3.26. The molecule has 0 radical (unpaired) electrons. The molecule has 1 unspecified atom stereocenters. The van der Waals surface area contributed by atoms with Crippen LogP contribution in [0.2, 0.25) is 0 Å². The molecule has 0 aromatic heterocycles. The van der Waals surface area contributed by atoms with E-state index in [9.17, 15) is 4.79 Å². The average molecular weight is 233 g/mol. The summed E-state index contributed by atoms with van der Waals surface area (Å²) in [4.78, 5) is 11.3. The van der Waals surface area contributed by atoms with Crippen LogP contribution >= 0.6 is 0 Å². The van der Waals surface area contributed by atoms with E-state index in [-0.39, 0.29) is 12.0 Å². The number of esters is 1. The van der Waals surface area contributed by atoms with Gasteiger partial charge in [-0.25, -0.2) is 4.79 Å². The molecule has 0 fully saturated rings. The second-order valence-electron chi connectivity index (χ2n) is 4.00. The van der Waals surface area contributed by atoms with Crippen LogP contribution in [0.25, 0.3) is 0 Å². The summed E-state index contributed by atoms with van der Waals surface area (Å²) in [5, 5.41) is 5.99. The molecule has 5 heteroatoms. The second-order valence-corrected chi connectivity index (χ2v) is 4.00. The molecule has 1 atom stereocenters. The summed E-state index contributed by atoms with van der Waals surface area (Å²) in [5.41, 5.74) is 7.32. The first-order valence-electron chi connectivity index (χ1n) is 5.36. The van der Waals surface area contributed by atoms with Crippen LogP contribution in [0, 0.1) is 0 Å². The zero-order chi connectivity index (χ0) is 12.4. The van der Waals surface area contributed by atoms with Crippen molar-refractivity contribution in [1.29, 1.82) is 0 Å². The van der Waals surface area contributed by atoms with Crippen LogP contribution in [-0.2, 0) is 4.74 Å². The van der Waals surface area contributed by atoms with Crippen LogP contribution in [0.5, 0.6) is 0 Å². The van der Waals surface area contributed by atoms with Crippen molar-refractivity contribution in [2.45, 2.75) is 12.5 Å². The Labute approximate surface area is 99.9 Å². The summed E-state index contributed by atoms with van der Waals surface area (Å²) in [5.74, 6) is 0.307. The first kappa shape index (κ1) is 11.4. The highest BCUT2D eigenvalue weighted by Crippen LogP contribution is 2.27. The second kappa shape index (κ2) is 4.45. The predicted molar refractivity (Wildman–Crippen MR) is 64.5 cm³/mol. The van der Waals surface area contributed by atoms with Gasteiger partial charge in [-0.1, -0.05) is 12.1 Å². The molecular formula is C12H15N3O2. The molecule has 0 aliphatic carbocycles. The quantitative estimate of drug-likeness (QED) is 0.777. The third kappa shape index (κ3) is 2.22. The van der Waals surface area contributed by atoms with Gasteiger partial charge < -0.3 is 10.5 Å². The number of carbonyl (C=O) groups is 1. The normalized spacial score (nSPS) is 19.1. The number of nitrogens with zero attached hydrogens (tertiary/aromatic N) is 2. The minimum Gasteiger partial charge on any atom is -0.465 e. The maximum Gasteiger partial charge on any atom is 0.337 e. The molecule has 1 aliphatic heterocycles. The Kier molecular flexibility index (Phi) is 2.99. The van der Waals surface area contributed by atoms with Crippen LogP contribution in [0.4, 0.5) is 0 Å². The predicted octanol–water partition coefficient (Wildman–Crippen LogP) is 1.12. The molecule has 90 valence electrons. The van der Waals surface area contributed by atoms with E-state index in [0.717, 1.165) is 5.56 Å². The van der Waals surface area contributed by atoms with Gasteiger partial charge in [-0.2, -0.15) is 5.10 Å².